The van der Waals surface area contributed by atoms with Gasteiger partial charge in [-0.25, -0.2) is 13.8 Å². The zero-order valence-electron chi connectivity index (χ0n) is 14.3. The topological polar surface area (TPSA) is 74.8 Å². The van der Waals surface area contributed by atoms with Crippen molar-refractivity contribution < 1.29 is 13.6 Å². The lowest BCUT2D eigenvalue weighted by Gasteiger charge is -2.07. The van der Waals surface area contributed by atoms with Gasteiger partial charge in [-0.15, -0.1) is 0 Å². The van der Waals surface area contributed by atoms with E-state index in [4.69, 9.17) is 11.6 Å². The molecule has 1 heterocycles. The molecule has 28 heavy (non-hydrogen) atoms. The standard InChI is InChI=1S/C19H14ClF2N3O2S/c20-12-3-1-2-11(6-12)10-28-19-24-14(9-18(27)25-19)8-17(26)23-13-4-5-15(21)16(22)7-13/h1-7,9H,8,10H2,(H,23,26)(H,24,25,27). The van der Waals surface area contributed by atoms with Crippen molar-refractivity contribution >= 4 is 35.0 Å². The Morgan fingerprint density at radius 2 is 1.96 bits per heavy atom. The number of benzene rings is 2. The third kappa shape index (κ3) is 5.64. The van der Waals surface area contributed by atoms with E-state index in [1.165, 1.54) is 23.9 Å². The van der Waals surface area contributed by atoms with Gasteiger partial charge in [-0.05, 0) is 29.8 Å². The van der Waals surface area contributed by atoms with Crippen LogP contribution in [0.3, 0.4) is 0 Å². The summed E-state index contributed by atoms with van der Waals surface area (Å²) in [5.74, 6) is -2.04. The highest BCUT2D eigenvalue weighted by atomic mass is 35.5. The number of H-pyrrole nitrogens is 1. The molecule has 2 aromatic carbocycles. The van der Waals surface area contributed by atoms with Crippen LogP contribution in [0.25, 0.3) is 0 Å². The fourth-order valence-electron chi connectivity index (χ4n) is 2.36. The molecule has 0 aliphatic carbocycles. The summed E-state index contributed by atoms with van der Waals surface area (Å²) in [6.45, 7) is 0. The van der Waals surface area contributed by atoms with Gasteiger partial charge in [-0.2, -0.15) is 0 Å². The van der Waals surface area contributed by atoms with Crippen molar-refractivity contribution in [3.8, 4) is 0 Å². The van der Waals surface area contributed by atoms with E-state index in [0.29, 0.717) is 15.9 Å². The lowest BCUT2D eigenvalue weighted by atomic mass is 10.2. The van der Waals surface area contributed by atoms with Crippen molar-refractivity contribution in [1.29, 1.82) is 0 Å². The Hall–Kier alpha value is -2.71. The first-order valence-electron chi connectivity index (χ1n) is 8.11. The molecule has 144 valence electrons. The van der Waals surface area contributed by atoms with Crippen molar-refractivity contribution in [2.75, 3.05) is 5.32 Å². The molecule has 2 N–H and O–H groups in total. The Morgan fingerprint density at radius 1 is 1.14 bits per heavy atom. The number of hydrogen-bond donors (Lipinski definition) is 2. The van der Waals surface area contributed by atoms with Gasteiger partial charge in [0.15, 0.2) is 16.8 Å². The normalized spacial score (nSPS) is 10.7. The van der Waals surface area contributed by atoms with Gasteiger partial charge >= 0.3 is 0 Å². The van der Waals surface area contributed by atoms with Crippen molar-refractivity contribution in [1.82, 2.24) is 9.97 Å². The van der Waals surface area contributed by atoms with Gasteiger partial charge in [0.25, 0.3) is 5.56 Å². The van der Waals surface area contributed by atoms with E-state index >= 15 is 0 Å². The number of rotatable bonds is 6. The van der Waals surface area contributed by atoms with E-state index in [1.807, 2.05) is 18.2 Å². The number of carbonyl (C=O) groups excluding carboxylic acids is 1. The van der Waals surface area contributed by atoms with Crippen molar-refractivity contribution in [2.45, 2.75) is 17.3 Å². The molecule has 3 rings (SSSR count). The molecule has 3 aromatic rings. The third-order valence-electron chi connectivity index (χ3n) is 3.58. The lowest BCUT2D eigenvalue weighted by molar-refractivity contribution is -0.115. The molecular weight excluding hydrogens is 408 g/mol. The van der Waals surface area contributed by atoms with Crippen molar-refractivity contribution in [3.63, 3.8) is 0 Å². The van der Waals surface area contributed by atoms with Crippen LogP contribution in [-0.4, -0.2) is 15.9 Å². The molecule has 5 nitrogen and oxygen atoms in total. The van der Waals surface area contributed by atoms with Crippen LogP contribution in [0.15, 0.2) is 58.5 Å². The van der Waals surface area contributed by atoms with Gasteiger partial charge in [-0.3, -0.25) is 9.59 Å². The number of nitrogens with zero attached hydrogens (tertiary/aromatic N) is 1. The number of amides is 1. The van der Waals surface area contributed by atoms with E-state index in [9.17, 15) is 18.4 Å². The summed E-state index contributed by atoms with van der Waals surface area (Å²) < 4.78 is 26.2. The average molecular weight is 422 g/mol. The number of anilines is 1. The van der Waals surface area contributed by atoms with Gasteiger partial charge in [0.05, 0.1) is 12.1 Å². The highest BCUT2D eigenvalue weighted by Gasteiger charge is 2.10. The molecular formula is C19H14ClF2N3O2S. The van der Waals surface area contributed by atoms with E-state index in [0.717, 1.165) is 17.7 Å². The Labute approximate surface area is 168 Å². The highest BCUT2D eigenvalue weighted by molar-refractivity contribution is 7.98. The molecule has 1 amide bonds. The predicted molar refractivity (Wildman–Crippen MR) is 105 cm³/mol. The van der Waals surface area contributed by atoms with Crippen LogP contribution in [0.1, 0.15) is 11.3 Å². The second-order valence-corrected chi connectivity index (χ2v) is 7.21. The average Bonchev–Trinajstić information content (AvgIpc) is 2.63. The van der Waals surface area contributed by atoms with Crippen LogP contribution in [0.2, 0.25) is 5.02 Å². The summed E-state index contributed by atoms with van der Waals surface area (Å²) in [4.78, 5) is 30.8. The molecule has 0 bridgehead atoms. The number of nitrogens with one attached hydrogen (secondary N) is 2. The Balaban J connectivity index is 1.66. The molecule has 0 aliphatic rings. The SMILES string of the molecule is O=C(Cc1cc(=O)[nH]c(SCc2cccc(Cl)c2)n1)Nc1ccc(F)c(F)c1. The van der Waals surface area contributed by atoms with E-state index in [2.05, 4.69) is 15.3 Å². The fourth-order valence-corrected chi connectivity index (χ4v) is 3.41. The van der Waals surface area contributed by atoms with Gasteiger partial charge in [0, 0.05) is 28.6 Å². The molecule has 0 atom stereocenters. The maximum absolute atomic E-state index is 13.2. The number of carbonyl (C=O) groups is 1. The molecule has 0 radical (unpaired) electrons. The fraction of sp³-hybridized carbons (Fsp3) is 0.105. The largest absolute Gasteiger partial charge is 0.326 e. The minimum Gasteiger partial charge on any atom is -0.326 e. The lowest BCUT2D eigenvalue weighted by Crippen LogP contribution is -2.18. The van der Waals surface area contributed by atoms with Gasteiger partial charge in [0.2, 0.25) is 5.91 Å². The second-order valence-electron chi connectivity index (χ2n) is 5.81. The van der Waals surface area contributed by atoms with E-state index in [1.54, 1.807) is 6.07 Å². The van der Waals surface area contributed by atoms with Crippen LogP contribution >= 0.6 is 23.4 Å². The summed E-state index contributed by atoms with van der Waals surface area (Å²) in [7, 11) is 0. The zero-order chi connectivity index (χ0) is 20.1. The summed E-state index contributed by atoms with van der Waals surface area (Å²) in [5, 5.41) is 3.42. The molecule has 1 aromatic heterocycles. The molecule has 0 aliphatic heterocycles. The highest BCUT2D eigenvalue weighted by Crippen LogP contribution is 2.21. The number of aromatic nitrogens is 2. The second kappa shape index (κ2) is 8.99. The minimum atomic E-state index is -1.06. The van der Waals surface area contributed by atoms with Gasteiger partial charge < -0.3 is 10.3 Å². The maximum Gasteiger partial charge on any atom is 0.251 e. The first-order chi connectivity index (χ1) is 13.4. The van der Waals surface area contributed by atoms with Gasteiger partial charge in [0.1, 0.15) is 0 Å². The van der Waals surface area contributed by atoms with Crippen LogP contribution < -0.4 is 10.9 Å². The summed E-state index contributed by atoms with van der Waals surface area (Å²) >= 11 is 7.24. The molecule has 0 saturated heterocycles. The third-order valence-corrected chi connectivity index (χ3v) is 4.76. The number of aromatic amines is 1. The van der Waals surface area contributed by atoms with Crippen molar-refractivity contribution in [3.05, 3.63) is 86.8 Å². The maximum atomic E-state index is 13.2. The predicted octanol–water partition coefficient (Wildman–Crippen LogP) is 4.18. The quantitative estimate of drug-likeness (QED) is 0.462. The molecule has 0 spiro atoms. The molecule has 0 unspecified atom stereocenters. The summed E-state index contributed by atoms with van der Waals surface area (Å²) in [6, 6.07) is 11.6. The van der Waals surface area contributed by atoms with E-state index in [-0.39, 0.29) is 23.4 Å². The monoisotopic (exact) mass is 421 g/mol. The van der Waals surface area contributed by atoms with Gasteiger partial charge in [-0.1, -0.05) is 35.5 Å². The smallest absolute Gasteiger partial charge is 0.251 e. The molecule has 0 saturated carbocycles. The Morgan fingerprint density at radius 3 is 2.71 bits per heavy atom. The molecule has 9 heteroatoms. The number of hydrogen-bond acceptors (Lipinski definition) is 4. The van der Waals surface area contributed by atoms with Crippen LogP contribution in [0, 0.1) is 11.6 Å². The van der Waals surface area contributed by atoms with Crippen LogP contribution in [0.5, 0.6) is 0 Å². The first-order valence-corrected chi connectivity index (χ1v) is 9.48. The Kier molecular flexibility index (Phi) is 6.43. The Bertz CT molecular complexity index is 1080. The van der Waals surface area contributed by atoms with E-state index < -0.39 is 17.5 Å². The number of halogens is 3. The molecule has 0 fully saturated rings. The summed E-state index contributed by atoms with van der Waals surface area (Å²) in [6.07, 6.45) is -0.187. The van der Waals surface area contributed by atoms with Crippen LogP contribution in [-0.2, 0) is 17.0 Å². The number of thioether (sulfide) groups is 1. The zero-order valence-corrected chi connectivity index (χ0v) is 15.9. The minimum absolute atomic E-state index is 0.115. The van der Waals surface area contributed by atoms with Crippen molar-refractivity contribution in [2.24, 2.45) is 0 Å². The first kappa shape index (κ1) is 20.0. The summed E-state index contributed by atoms with van der Waals surface area (Å²) in [5.41, 5.74) is 0.947. The van der Waals surface area contributed by atoms with Crippen LogP contribution in [0.4, 0.5) is 14.5 Å².